The van der Waals surface area contributed by atoms with Gasteiger partial charge in [0.05, 0.1) is 18.4 Å². The van der Waals surface area contributed by atoms with E-state index in [9.17, 15) is 14.0 Å². The van der Waals surface area contributed by atoms with E-state index in [1.165, 1.54) is 0 Å². The molecule has 2 amide bonds. The zero-order valence-corrected chi connectivity index (χ0v) is 9.48. The van der Waals surface area contributed by atoms with Crippen molar-refractivity contribution in [1.29, 1.82) is 0 Å². The Morgan fingerprint density at radius 2 is 2.22 bits per heavy atom. The molecule has 0 aliphatic rings. The summed E-state index contributed by atoms with van der Waals surface area (Å²) in [6.07, 6.45) is 0.919. The Balaban J connectivity index is 2.41. The molecule has 0 atom stereocenters. The highest BCUT2D eigenvalue weighted by Gasteiger charge is 2.11. The third-order valence-electron chi connectivity index (χ3n) is 1.91. The van der Waals surface area contributed by atoms with Crippen molar-refractivity contribution in [2.75, 3.05) is 25.5 Å². The highest BCUT2D eigenvalue weighted by molar-refractivity contribution is 5.98. The second kappa shape index (κ2) is 6.50. The van der Waals surface area contributed by atoms with Gasteiger partial charge in [-0.25, -0.2) is 9.37 Å². The molecule has 98 valence electrons. The molecule has 0 bridgehead atoms. The van der Waals surface area contributed by atoms with Gasteiger partial charge in [-0.05, 0) is 6.07 Å². The molecule has 0 aromatic carbocycles. The molecule has 0 unspecified atom stereocenters. The molecule has 1 aromatic rings. The van der Waals surface area contributed by atoms with Gasteiger partial charge in [0, 0.05) is 6.54 Å². The first kappa shape index (κ1) is 13.8. The molecule has 1 aromatic heterocycles. The molecule has 8 heteroatoms. The lowest BCUT2D eigenvalue weighted by Gasteiger charge is -2.07. The van der Waals surface area contributed by atoms with Crippen LogP contribution in [0.25, 0.3) is 0 Å². The lowest BCUT2D eigenvalue weighted by molar-refractivity contribution is -0.122. The van der Waals surface area contributed by atoms with Crippen LogP contribution in [0.4, 0.5) is 10.2 Å². The Hall–Kier alpha value is -2.22. The number of ether oxygens (including phenoxy) is 1. The number of anilines is 1. The largest absolute Gasteiger partial charge is 0.383 e. The van der Waals surface area contributed by atoms with Gasteiger partial charge in [0.1, 0.15) is 18.2 Å². The van der Waals surface area contributed by atoms with Crippen LogP contribution in [0, 0.1) is 5.82 Å². The van der Waals surface area contributed by atoms with E-state index >= 15 is 0 Å². The van der Waals surface area contributed by atoms with E-state index < -0.39 is 17.6 Å². The number of hydrogen-bond acceptors (Lipinski definition) is 5. The summed E-state index contributed by atoms with van der Waals surface area (Å²) in [5.74, 6) is -1.88. The maximum Gasteiger partial charge on any atom is 0.255 e. The molecule has 0 saturated heterocycles. The molecule has 0 fully saturated rings. The number of primary amides is 1. The van der Waals surface area contributed by atoms with E-state index in [1.807, 2.05) is 0 Å². The van der Waals surface area contributed by atoms with Gasteiger partial charge < -0.3 is 21.5 Å². The van der Waals surface area contributed by atoms with Crippen LogP contribution in [0.15, 0.2) is 12.3 Å². The number of nitrogens with two attached hydrogens (primary N) is 2. The number of rotatable bonds is 6. The van der Waals surface area contributed by atoms with E-state index in [2.05, 4.69) is 10.3 Å². The first-order valence-corrected chi connectivity index (χ1v) is 5.06. The smallest absolute Gasteiger partial charge is 0.255 e. The average Bonchev–Trinajstić information content (AvgIpc) is 2.31. The number of amides is 2. The van der Waals surface area contributed by atoms with Crippen molar-refractivity contribution in [1.82, 2.24) is 10.3 Å². The number of hydrogen-bond donors (Lipinski definition) is 3. The molecule has 1 rings (SSSR count). The van der Waals surface area contributed by atoms with Crippen LogP contribution in [-0.4, -0.2) is 36.6 Å². The molecule has 0 aliphatic carbocycles. The third-order valence-corrected chi connectivity index (χ3v) is 1.91. The number of nitrogen functional groups attached to an aromatic ring is 1. The molecule has 0 saturated carbocycles. The van der Waals surface area contributed by atoms with Crippen molar-refractivity contribution < 1.29 is 18.7 Å². The molecule has 1 heterocycles. The highest BCUT2D eigenvalue weighted by Crippen LogP contribution is 2.09. The van der Waals surface area contributed by atoms with Crippen molar-refractivity contribution in [3.05, 3.63) is 23.6 Å². The topological polar surface area (TPSA) is 120 Å². The lowest BCUT2D eigenvalue weighted by atomic mass is 10.2. The van der Waals surface area contributed by atoms with Gasteiger partial charge in [0.15, 0.2) is 0 Å². The van der Waals surface area contributed by atoms with Gasteiger partial charge in [-0.15, -0.1) is 0 Å². The Kier molecular flexibility index (Phi) is 5.00. The SMILES string of the molecule is NC(=O)COCCNC(=O)c1cc(F)cnc1N. The number of pyridine rings is 1. The molecule has 0 aliphatic heterocycles. The molecule has 7 nitrogen and oxygen atoms in total. The van der Waals surface area contributed by atoms with Crippen LogP contribution in [-0.2, 0) is 9.53 Å². The second-order valence-corrected chi connectivity index (χ2v) is 3.36. The molecule has 18 heavy (non-hydrogen) atoms. The van der Waals surface area contributed by atoms with E-state index in [0.29, 0.717) is 0 Å². The maximum absolute atomic E-state index is 12.9. The molecule has 0 radical (unpaired) electrons. The molecule has 0 spiro atoms. The minimum Gasteiger partial charge on any atom is -0.383 e. The number of carbonyl (C=O) groups is 2. The van der Waals surface area contributed by atoms with Gasteiger partial charge in [0.2, 0.25) is 5.91 Å². The summed E-state index contributed by atoms with van der Waals surface area (Å²) in [6, 6.07) is 0.988. The predicted molar refractivity (Wildman–Crippen MR) is 61.0 cm³/mol. The Bertz CT molecular complexity index is 453. The monoisotopic (exact) mass is 256 g/mol. The normalized spacial score (nSPS) is 10.1. The van der Waals surface area contributed by atoms with Gasteiger partial charge in [-0.2, -0.15) is 0 Å². The van der Waals surface area contributed by atoms with Gasteiger partial charge in [0.25, 0.3) is 5.91 Å². The minimum atomic E-state index is -0.653. The van der Waals surface area contributed by atoms with Crippen molar-refractivity contribution in [2.24, 2.45) is 5.73 Å². The first-order valence-electron chi connectivity index (χ1n) is 5.06. The van der Waals surface area contributed by atoms with E-state index in [0.717, 1.165) is 12.3 Å². The van der Waals surface area contributed by atoms with Crippen molar-refractivity contribution in [2.45, 2.75) is 0 Å². The van der Waals surface area contributed by atoms with Gasteiger partial charge >= 0.3 is 0 Å². The summed E-state index contributed by atoms with van der Waals surface area (Å²) in [4.78, 5) is 25.4. The quantitative estimate of drug-likeness (QED) is 0.566. The number of carbonyl (C=O) groups excluding carboxylic acids is 2. The number of nitrogens with zero attached hydrogens (tertiary/aromatic N) is 1. The van der Waals surface area contributed by atoms with E-state index in [4.69, 9.17) is 16.2 Å². The fourth-order valence-corrected chi connectivity index (χ4v) is 1.14. The zero-order chi connectivity index (χ0) is 13.5. The third kappa shape index (κ3) is 4.34. The predicted octanol–water partition coefficient (Wildman–Crippen LogP) is -0.965. The summed E-state index contributed by atoms with van der Waals surface area (Å²) < 4.78 is 17.7. The van der Waals surface area contributed by atoms with Crippen LogP contribution in [0.5, 0.6) is 0 Å². The maximum atomic E-state index is 12.9. The van der Waals surface area contributed by atoms with E-state index in [-0.39, 0.29) is 31.1 Å². The number of halogens is 1. The summed E-state index contributed by atoms with van der Waals surface area (Å²) in [7, 11) is 0. The fraction of sp³-hybridized carbons (Fsp3) is 0.300. The molecular formula is C10H13FN4O3. The van der Waals surface area contributed by atoms with Crippen LogP contribution >= 0.6 is 0 Å². The van der Waals surface area contributed by atoms with Gasteiger partial charge in [-0.1, -0.05) is 0 Å². The van der Waals surface area contributed by atoms with Crippen molar-refractivity contribution in [3.8, 4) is 0 Å². The average molecular weight is 256 g/mol. The minimum absolute atomic E-state index is 0.0510. The van der Waals surface area contributed by atoms with E-state index in [1.54, 1.807) is 0 Å². The fourth-order valence-electron chi connectivity index (χ4n) is 1.14. The number of aromatic nitrogens is 1. The molecule has 5 N–H and O–H groups in total. The van der Waals surface area contributed by atoms with Crippen molar-refractivity contribution in [3.63, 3.8) is 0 Å². The Morgan fingerprint density at radius 1 is 1.50 bits per heavy atom. The van der Waals surface area contributed by atoms with Gasteiger partial charge in [-0.3, -0.25) is 9.59 Å². The highest BCUT2D eigenvalue weighted by atomic mass is 19.1. The summed E-state index contributed by atoms with van der Waals surface area (Å²) >= 11 is 0. The molecular weight excluding hydrogens is 243 g/mol. The number of nitrogens with one attached hydrogen (secondary N) is 1. The zero-order valence-electron chi connectivity index (χ0n) is 9.48. The Labute approximate surface area is 102 Å². The van der Waals surface area contributed by atoms with Crippen LogP contribution in [0.1, 0.15) is 10.4 Å². The Morgan fingerprint density at radius 3 is 2.89 bits per heavy atom. The van der Waals surface area contributed by atoms with Crippen LogP contribution in [0.3, 0.4) is 0 Å². The van der Waals surface area contributed by atoms with Crippen LogP contribution in [0.2, 0.25) is 0 Å². The standard InChI is InChI=1S/C10H13FN4O3/c11-6-3-7(9(13)15-4-6)10(17)14-1-2-18-5-8(12)16/h3-4H,1-2,5H2,(H2,12,16)(H2,13,15)(H,14,17). The summed E-state index contributed by atoms with van der Waals surface area (Å²) in [5, 5.41) is 2.44. The van der Waals surface area contributed by atoms with Crippen molar-refractivity contribution >= 4 is 17.6 Å². The second-order valence-electron chi connectivity index (χ2n) is 3.36. The lowest BCUT2D eigenvalue weighted by Crippen LogP contribution is -2.29. The first-order chi connectivity index (χ1) is 8.50. The van der Waals surface area contributed by atoms with Crippen LogP contribution < -0.4 is 16.8 Å². The summed E-state index contributed by atoms with van der Waals surface area (Å²) in [6.45, 7) is 0.0267. The summed E-state index contributed by atoms with van der Waals surface area (Å²) in [5.41, 5.74) is 10.2.